The van der Waals surface area contributed by atoms with Gasteiger partial charge >= 0.3 is 0 Å². The summed E-state index contributed by atoms with van der Waals surface area (Å²) in [6, 6.07) is 21.8. The SMILES string of the molecule is OCC(Nc1ccc(Cl)cc1)c1ccc2ccccc2c1. The summed E-state index contributed by atoms with van der Waals surface area (Å²) in [5.41, 5.74) is 2.00. The Morgan fingerprint density at radius 2 is 1.62 bits per heavy atom. The highest BCUT2D eigenvalue weighted by atomic mass is 35.5. The molecule has 0 aliphatic heterocycles. The maximum atomic E-state index is 9.68. The van der Waals surface area contributed by atoms with Crippen molar-refractivity contribution < 1.29 is 5.11 Å². The van der Waals surface area contributed by atoms with Crippen molar-refractivity contribution in [3.05, 3.63) is 77.3 Å². The molecule has 3 aromatic carbocycles. The van der Waals surface area contributed by atoms with Crippen LogP contribution in [-0.2, 0) is 0 Å². The lowest BCUT2D eigenvalue weighted by molar-refractivity contribution is 0.276. The number of halogens is 1. The Labute approximate surface area is 129 Å². The maximum Gasteiger partial charge on any atom is 0.0745 e. The predicted molar refractivity (Wildman–Crippen MR) is 88.8 cm³/mol. The minimum absolute atomic E-state index is 0.0287. The highest BCUT2D eigenvalue weighted by Crippen LogP contribution is 2.24. The van der Waals surface area contributed by atoms with E-state index in [-0.39, 0.29) is 12.6 Å². The van der Waals surface area contributed by atoms with Crippen molar-refractivity contribution in [2.45, 2.75) is 6.04 Å². The van der Waals surface area contributed by atoms with E-state index in [1.54, 1.807) is 0 Å². The van der Waals surface area contributed by atoms with E-state index in [2.05, 4.69) is 29.6 Å². The van der Waals surface area contributed by atoms with Gasteiger partial charge in [-0.25, -0.2) is 0 Å². The highest BCUT2D eigenvalue weighted by molar-refractivity contribution is 6.30. The van der Waals surface area contributed by atoms with E-state index in [4.69, 9.17) is 11.6 Å². The van der Waals surface area contributed by atoms with Crippen LogP contribution in [0.2, 0.25) is 5.02 Å². The average Bonchev–Trinajstić information content (AvgIpc) is 2.54. The zero-order valence-electron chi connectivity index (χ0n) is 11.5. The molecule has 3 heteroatoms. The lowest BCUT2D eigenvalue weighted by Gasteiger charge is -2.18. The molecular formula is C18H16ClNO. The van der Waals surface area contributed by atoms with Crippen molar-refractivity contribution in [2.24, 2.45) is 0 Å². The Kier molecular flexibility index (Phi) is 4.09. The molecule has 0 bridgehead atoms. The third-order valence-corrected chi connectivity index (χ3v) is 3.80. The molecule has 0 saturated carbocycles. The third-order valence-electron chi connectivity index (χ3n) is 3.54. The van der Waals surface area contributed by atoms with Gasteiger partial charge < -0.3 is 10.4 Å². The van der Waals surface area contributed by atoms with Crippen LogP contribution >= 0.6 is 11.6 Å². The van der Waals surface area contributed by atoms with E-state index in [0.29, 0.717) is 5.02 Å². The molecule has 106 valence electrons. The van der Waals surface area contributed by atoms with E-state index in [9.17, 15) is 5.11 Å². The molecule has 3 aromatic rings. The molecule has 0 aliphatic carbocycles. The summed E-state index contributed by atoms with van der Waals surface area (Å²) in [6.45, 7) is 0.0287. The van der Waals surface area contributed by atoms with Crippen molar-refractivity contribution in [1.29, 1.82) is 0 Å². The maximum absolute atomic E-state index is 9.68. The molecule has 1 unspecified atom stereocenters. The number of anilines is 1. The van der Waals surface area contributed by atoms with Gasteiger partial charge in [-0.1, -0.05) is 48.0 Å². The second-order valence-corrected chi connectivity index (χ2v) is 5.43. The first-order chi connectivity index (χ1) is 10.3. The van der Waals surface area contributed by atoms with Crippen LogP contribution in [0.3, 0.4) is 0 Å². The van der Waals surface area contributed by atoms with Crippen molar-refractivity contribution >= 4 is 28.1 Å². The topological polar surface area (TPSA) is 32.3 Å². The molecule has 0 saturated heterocycles. The van der Waals surface area contributed by atoms with Crippen molar-refractivity contribution in [3.8, 4) is 0 Å². The molecule has 0 heterocycles. The molecule has 1 atom stereocenters. The molecule has 0 aromatic heterocycles. The molecule has 3 rings (SSSR count). The van der Waals surface area contributed by atoms with Crippen LogP contribution in [0.25, 0.3) is 10.8 Å². The molecule has 2 nitrogen and oxygen atoms in total. The summed E-state index contributed by atoms with van der Waals surface area (Å²) in [4.78, 5) is 0. The molecular weight excluding hydrogens is 282 g/mol. The molecule has 0 fully saturated rings. The van der Waals surface area contributed by atoms with Gasteiger partial charge in [-0.2, -0.15) is 0 Å². The number of aliphatic hydroxyl groups is 1. The highest BCUT2D eigenvalue weighted by Gasteiger charge is 2.10. The van der Waals surface area contributed by atoms with E-state index in [1.807, 2.05) is 42.5 Å². The van der Waals surface area contributed by atoms with Crippen LogP contribution in [0.4, 0.5) is 5.69 Å². The minimum Gasteiger partial charge on any atom is -0.394 e. The number of hydrogen-bond acceptors (Lipinski definition) is 2. The summed E-state index contributed by atoms with van der Waals surface area (Å²) in [7, 11) is 0. The van der Waals surface area contributed by atoms with Crippen molar-refractivity contribution in [1.82, 2.24) is 0 Å². The second-order valence-electron chi connectivity index (χ2n) is 4.99. The third kappa shape index (κ3) is 3.18. The zero-order valence-corrected chi connectivity index (χ0v) is 12.2. The van der Waals surface area contributed by atoms with Crippen LogP contribution < -0.4 is 5.32 Å². The summed E-state index contributed by atoms with van der Waals surface area (Å²) in [6.07, 6.45) is 0. The monoisotopic (exact) mass is 297 g/mol. The largest absolute Gasteiger partial charge is 0.394 e. The summed E-state index contributed by atoms with van der Waals surface area (Å²) >= 11 is 5.89. The molecule has 0 radical (unpaired) electrons. The summed E-state index contributed by atoms with van der Waals surface area (Å²) < 4.78 is 0. The average molecular weight is 298 g/mol. The first-order valence-electron chi connectivity index (χ1n) is 6.88. The Hall–Kier alpha value is -2.03. The van der Waals surface area contributed by atoms with Crippen LogP contribution in [0.15, 0.2) is 66.7 Å². The molecule has 0 amide bonds. The van der Waals surface area contributed by atoms with Gasteiger partial charge in [0.1, 0.15) is 0 Å². The summed E-state index contributed by atoms with van der Waals surface area (Å²) in [5, 5.41) is 16.1. The van der Waals surface area contributed by atoms with E-state index < -0.39 is 0 Å². The minimum atomic E-state index is -0.143. The number of benzene rings is 3. The predicted octanol–water partition coefficient (Wildman–Crippen LogP) is 4.64. The molecule has 21 heavy (non-hydrogen) atoms. The van der Waals surface area contributed by atoms with Gasteiger partial charge in [0.2, 0.25) is 0 Å². The lowest BCUT2D eigenvalue weighted by Crippen LogP contribution is -2.14. The van der Waals surface area contributed by atoms with Gasteiger partial charge in [0.25, 0.3) is 0 Å². The van der Waals surface area contributed by atoms with E-state index in [0.717, 1.165) is 11.3 Å². The Morgan fingerprint density at radius 1 is 0.905 bits per heavy atom. The van der Waals surface area contributed by atoms with Gasteiger partial charge in [-0.05, 0) is 46.7 Å². The second kappa shape index (κ2) is 6.17. The fourth-order valence-electron chi connectivity index (χ4n) is 2.41. The fraction of sp³-hybridized carbons (Fsp3) is 0.111. The Morgan fingerprint density at radius 3 is 2.33 bits per heavy atom. The van der Waals surface area contributed by atoms with Crippen molar-refractivity contribution in [3.63, 3.8) is 0 Å². The zero-order chi connectivity index (χ0) is 14.7. The van der Waals surface area contributed by atoms with Crippen LogP contribution in [-0.4, -0.2) is 11.7 Å². The fourth-order valence-corrected chi connectivity index (χ4v) is 2.53. The quantitative estimate of drug-likeness (QED) is 0.735. The first kappa shape index (κ1) is 13.9. The van der Waals surface area contributed by atoms with Crippen molar-refractivity contribution in [2.75, 3.05) is 11.9 Å². The molecule has 0 spiro atoms. The number of hydrogen-bond donors (Lipinski definition) is 2. The number of rotatable bonds is 4. The lowest BCUT2D eigenvalue weighted by atomic mass is 10.0. The van der Waals surface area contributed by atoms with Gasteiger partial charge in [0.05, 0.1) is 12.6 Å². The molecule has 0 aliphatic rings. The van der Waals surface area contributed by atoms with Crippen LogP contribution in [0, 0.1) is 0 Å². The number of aliphatic hydroxyl groups excluding tert-OH is 1. The smallest absolute Gasteiger partial charge is 0.0745 e. The van der Waals surface area contributed by atoms with Gasteiger partial charge in [0, 0.05) is 10.7 Å². The Balaban J connectivity index is 1.88. The van der Waals surface area contributed by atoms with Gasteiger partial charge in [-0.15, -0.1) is 0 Å². The number of fused-ring (bicyclic) bond motifs is 1. The van der Waals surface area contributed by atoms with Crippen LogP contribution in [0.1, 0.15) is 11.6 Å². The van der Waals surface area contributed by atoms with Gasteiger partial charge in [-0.3, -0.25) is 0 Å². The summed E-state index contributed by atoms with van der Waals surface area (Å²) in [5.74, 6) is 0. The normalized spacial score (nSPS) is 12.3. The molecule has 2 N–H and O–H groups in total. The first-order valence-corrected chi connectivity index (χ1v) is 7.26. The van der Waals surface area contributed by atoms with Crippen LogP contribution in [0.5, 0.6) is 0 Å². The Bertz CT molecular complexity index is 740. The van der Waals surface area contributed by atoms with E-state index >= 15 is 0 Å². The van der Waals surface area contributed by atoms with Gasteiger partial charge in [0.15, 0.2) is 0 Å². The standard InChI is InChI=1S/C18H16ClNO/c19-16-7-9-17(10-8-16)20-18(12-21)15-6-5-13-3-1-2-4-14(13)11-15/h1-11,18,20-21H,12H2. The number of nitrogens with one attached hydrogen (secondary N) is 1. The van der Waals surface area contributed by atoms with E-state index in [1.165, 1.54) is 10.8 Å².